The summed E-state index contributed by atoms with van der Waals surface area (Å²) >= 11 is 0. The third-order valence-corrected chi connectivity index (χ3v) is 13.9. The minimum absolute atomic E-state index is 0.936. The Morgan fingerprint density at radius 3 is 1.14 bits per heavy atom. The Hall–Kier alpha value is 0.217. The Kier molecular flexibility index (Phi) is 12.7. The van der Waals surface area contributed by atoms with Gasteiger partial charge in [-0.25, -0.2) is 0 Å². The molecule has 0 unspecified atom stereocenters. The quantitative estimate of drug-likeness (QED) is 0.221. The largest absolute Gasteiger partial charge is 0.0654 e. The minimum atomic E-state index is -1.12. The van der Waals surface area contributed by atoms with E-state index in [0.29, 0.717) is 0 Å². The summed E-state index contributed by atoms with van der Waals surface area (Å²) < 4.78 is 0. The van der Waals surface area contributed by atoms with Crippen LogP contribution in [-0.2, 0) is 0 Å². The maximum Gasteiger partial charge on any atom is 0.0612 e. The molecule has 0 nitrogen and oxygen atoms in total. The number of hydrogen-bond acceptors (Lipinski definition) is 0. The molecule has 0 spiro atoms. The van der Waals surface area contributed by atoms with Crippen molar-refractivity contribution < 1.29 is 0 Å². The van der Waals surface area contributed by atoms with Gasteiger partial charge in [-0.3, -0.25) is 0 Å². The number of rotatable bonds is 14. The topological polar surface area (TPSA) is 0 Å². The summed E-state index contributed by atoms with van der Waals surface area (Å²) in [4.78, 5) is 0. The van der Waals surface area contributed by atoms with Crippen LogP contribution in [0, 0.1) is 0 Å². The van der Waals surface area contributed by atoms with Gasteiger partial charge < -0.3 is 0 Å². The molecule has 0 aliphatic rings. The van der Waals surface area contributed by atoms with Crippen LogP contribution >= 0.6 is 0 Å². The van der Waals surface area contributed by atoms with Crippen LogP contribution in [0.25, 0.3) is 0 Å². The van der Waals surface area contributed by atoms with Crippen molar-refractivity contribution in [3.8, 4) is 0 Å². The fourth-order valence-electron chi connectivity index (χ4n) is 4.78. The molecule has 0 radical (unpaired) electrons. The minimum Gasteiger partial charge on any atom is -0.0654 e. The zero-order chi connectivity index (χ0) is 17.0. The van der Waals surface area contributed by atoms with Crippen molar-refractivity contribution in [1.82, 2.24) is 0 Å². The highest BCUT2D eigenvalue weighted by molar-refractivity contribution is 6.83. The highest BCUT2D eigenvalue weighted by Crippen LogP contribution is 2.45. The molecular formula is C21H46Si. The van der Waals surface area contributed by atoms with Crippen molar-refractivity contribution in [2.24, 2.45) is 0 Å². The van der Waals surface area contributed by atoms with Crippen LogP contribution in [0.3, 0.4) is 0 Å². The standard InChI is InChI=1S/C21H46Si/c1-8-9-10-11-12-13-14-15-16-17-18-22(19(2)3,20(4)5)21(6)7/h19-21H,8-18H2,1-7H3. The summed E-state index contributed by atoms with van der Waals surface area (Å²) in [5.41, 5.74) is 2.81. The van der Waals surface area contributed by atoms with E-state index in [2.05, 4.69) is 48.5 Å². The van der Waals surface area contributed by atoms with Gasteiger partial charge in [0.15, 0.2) is 0 Å². The van der Waals surface area contributed by atoms with E-state index < -0.39 is 8.07 Å². The monoisotopic (exact) mass is 326 g/mol. The van der Waals surface area contributed by atoms with Gasteiger partial charge in [-0.1, -0.05) is 135 Å². The van der Waals surface area contributed by atoms with Crippen molar-refractivity contribution in [3.05, 3.63) is 0 Å². The van der Waals surface area contributed by atoms with Gasteiger partial charge in [-0.15, -0.1) is 0 Å². The third kappa shape index (κ3) is 7.66. The Labute approximate surface area is 143 Å². The smallest absolute Gasteiger partial charge is 0.0612 e. The van der Waals surface area contributed by atoms with E-state index in [1.54, 1.807) is 6.04 Å². The van der Waals surface area contributed by atoms with Gasteiger partial charge in [0.25, 0.3) is 0 Å². The number of unbranched alkanes of at least 4 members (excludes halogenated alkanes) is 9. The zero-order valence-electron chi connectivity index (χ0n) is 17.0. The fraction of sp³-hybridized carbons (Fsp3) is 1.00. The van der Waals surface area contributed by atoms with Gasteiger partial charge in [0, 0.05) is 0 Å². The van der Waals surface area contributed by atoms with Crippen molar-refractivity contribution in [3.63, 3.8) is 0 Å². The Morgan fingerprint density at radius 2 is 0.818 bits per heavy atom. The van der Waals surface area contributed by atoms with E-state index in [1.165, 1.54) is 64.2 Å². The van der Waals surface area contributed by atoms with Gasteiger partial charge in [-0.2, -0.15) is 0 Å². The van der Waals surface area contributed by atoms with Gasteiger partial charge in [0.2, 0.25) is 0 Å². The van der Waals surface area contributed by atoms with Crippen molar-refractivity contribution in [1.29, 1.82) is 0 Å². The lowest BCUT2D eigenvalue weighted by atomic mass is 10.1. The first-order valence-corrected chi connectivity index (χ1v) is 12.8. The summed E-state index contributed by atoms with van der Waals surface area (Å²) in [7, 11) is -1.12. The molecule has 0 aromatic heterocycles. The highest BCUT2D eigenvalue weighted by atomic mass is 28.3. The molecule has 0 saturated heterocycles. The molecule has 0 amide bonds. The molecule has 0 fully saturated rings. The van der Waals surface area contributed by atoms with Crippen LogP contribution in [0.1, 0.15) is 113 Å². The predicted octanol–water partition coefficient (Wildman–Crippen LogP) is 8.59. The normalized spacial score (nSPS) is 12.8. The SMILES string of the molecule is CCCCCCCCCCCC[Si](C(C)C)(C(C)C)C(C)C. The second kappa shape index (κ2) is 12.6. The first-order chi connectivity index (χ1) is 10.4. The van der Waals surface area contributed by atoms with Gasteiger partial charge in [0.05, 0.1) is 8.07 Å². The molecule has 0 rings (SSSR count). The molecule has 22 heavy (non-hydrogen) atoms. The van der Waals surface area contributed by atoms with E-state index >= 15 is 0 Å². The van der Waals surface area contributed by atoms with Gasteiger partial charge in [0.1, 0.15) is 0 Å². The molecule has 1 heteroatoms. The first kappa shape index (κ1) is 22.2. The Morgan fingerprint density at radius 1 is 0.500 bits per heavy atom. The molecule has 0 saturated carbocycles. The summed E-state index contributed by atoms with van der Waals surface area (Å²) in [5.74, 6) is 0. The van der Waals surface area contributed by atoms with Crippen LogP contribution in [0.4, 0.5) is 0 Å². The van der Waals surface area contributed by atoms with Crippen LogP contribution < -0.4 is 0 Å². The van der Waals surface area contributed by atoms with Crippen LogP contribution in [0.15, 0.2) is 0 Å². The second-order valence-electron chi connectivity index (χ2n) is 8.51. The summed E-state index contributed by atoms with van der Waals surface area (Å²) in [5, 5.41) is 0. The predicted molar refractivity (Wildman–Crippen MR) is 108 cm³/mol. The van der Waals surface area contributed by atoms with Crippen molar-refractivity contribution in [2.45, 2.75) is 135 Å². The van der Waals surface area contributed by atoms with Gasteiger partial charge >= 0.3 is 0 Å². The van der Waals surface area contributed by atoms with E-state index in [-0.39, 0.29) is 0 Å². The molecule has 0 aromatic carbocycles. The lowest BCUT2D eigenvalue weighted by molar-refractivity contribution is 0.560. The summed E-state index contributed by atoms with van der Waals surface area (Å²) in [6.45, 7) is 17.3. The van der Waals surface area contributed by atoms with E-state index in [1.807, 2.05) is 0 Å². The number of hydrogen-bond donors (Lipinski definition) is 0. The third-order valence-electron chi connectivity index (χ3n) is 6.19. The van der Waals surface area contributed by atoms with Crippen molar-refractivity contribution in [2.75, 3.05) is 0 Å². The highest BCUT2D eigenvalue weighted by Gasteiger charge is 2.41. The maximum atomic E-state index is 2.50. The molecule has 0 aliphatic carbocycles. The second-order valence-corrected chi connectivity index (χ2v) is 14.7. The van der Waals surface area contributed by atoms with Crippen LogP contribution in [0.5, 0.6) is 0 Å². The maximum absolute atomic E-state index is 2.50. The lowest BCUT2D eigenvalue weighted by Crippen LogP contribution is -2.44. The molecule has 0 bridgehead atoms. The van der Waals surface area contributed by atoms with Crippen molar-refractivity contribution >= 4 is 8.07 Å². The lowest BCUT2D eigenvalue weighted by Gasteiger charge is -2.43. The molecular weight excluding hydrogens is 280 g/mol. The van der Waals surface area contributed by atoms with E-state index in [0.717, 1.165) is 16.6 Å². The Bertz CT molecular complexity index is 221. The summed E-state index contributed by atoms with van der Waals surface area (Å²) in [6, 6.07) is 1.57. The fourth-order valence-corrected chi connectivity index (χ4v) is 11.4. The molecule has 0 aromatic rings. The zero-order valence-corrected chi connectivity index (χ0v) is 18.0. The molecule has 134 valence electrons. The van der Waals surface area contributed by atoms with E-state index in [4.69, 9.17) is 0 Å². The molecule has 0 aliphatic heterocycles. The molecule has 0 atom stereocenters. The van der Waals surface area contributed by atoms with Crippen LogP contribution in [-0.4, -0.2) is 8.07 Å². The summed E-state index contributed by atoms with van der Waals surface area (Å²) in [6.07, 6.45) is 14.6. The molecule has 0 N–H and O–H groups in total. The average molecular weight is 327 g/mol. The van der Waals surface area contributed by atoms with Crippen LogP contribution in [0.2, 0.25) is 22.7 Å². The molecule has 0 heterocycles. The Balaban J connectivity index is 3.87. The average Bonchev–Trinajstić information content (AvgIpc) is 2.43. The van der Waals surface area contributed by atoms with E-state index in [9.17, 15) is 0 Å². The van der Waals surface area contributed by atoms with Gasteiger partial charge in [-0.05, 0) is 0 Å². The first-order valence-electron chi connectivity index (χ1n) is 10.4.